The van der Waals surface area contributed by atoms with Crippen LogP contribution in [-0.4, -0.2) is 32.4 Å². The van der Waals surface area contributed by atoms with Gasteiger partial charge < -0.3 is 14.7 Å². The number of aromatic nitrogens is 3. The molecular formula is C15H21N5O2. The van der Waals surface area contributed by atoms with Gasteiger partial charge in [0.05, 0.1) is 18.8 Å². The molecule has 0 aliphatic carbocycles. The van der Waals surface area contributed by atoms with Crippen LogP contribution < -0.4 is 5.32 Å². The summed E-state index contributed by atoms with van der Waals surface area (Å²) in [5.74, 6) is 0. The Labute approximate surface area is 129 Å². The lowest BCUT2D eigenvalue weighted by molar-refractivity contribution is 0.151. The third-order valence-electron chi connectivity index (χ3n) is 4.13. The first-order chi connectivity index (χ1) is 10.6. The highest BCUT2D eigenvalue weighted by atomic mass is 16.5. The summed E-state index contributed by atoms with van der Waals surface area (Å²) >= 11 is 0. The van der Waals surface area contributed by atoms with Crippen molar-refractivity contribution in [3.8, 4) is 0 Å². The van der Waals surface area contributed by atoms with Crippen LogP contribution in [-0.2, 0) is 13.6 Å². The summed E-state index contributed by atoms with van der Waals surface area (Å²) in [6.45, 7) is 3.07. The Hall–Kier alpha value is -2.31. The second-order valence-electron chi connectivity index (χ2n) is 5.76. The molecule has 1 unspecified atom stereocenters. The second kappa shape index (κ2) is 6.21. The fourth-order valence-electron chi connectivity index (χ4n) is 2.88. The van der Waals surface area contributed by atoms with Gasteiger partial charge in [0, 0.05) is 30.9 Å². The van der Waals surface area contributed by atoms with E-state index in [1.807, 2.05) is 31.3 Å². The van der Waals surface area contributed by atoms with E-state index in [9.17, 15) is 4.79 Å². The predicted octanol–water partition coefficient (Wildman–Crippen LogP) is 2.15. The first kappa shape index (κ1) is 14.6. The fourth-order valence-corrected chi connectivity index (χ4v) is 2.88. The number of carbonyl (C=O) groups is 1. The number of rotatable bonds is 3. The van der Waals surface area contributed by atoms with E-state index in [-0.39, 0.29) is 12.1 Å². The highest BCUT2D eigenvalue weighted by molar-refractivity contribution is 5.74. The number of urea groups is 1. The van der Waals surface area contributed by atoms with Crippen LogP contribution in [0.25, 0.3) is 0 Å². The maximum absolute atomic E-state index is 12.5. The zero-order valence-electron chi connectivity index (χ0n) is 13.0. The van der Waals surface area contributed by atoms with Crippen molar-refractivity contribution >= 4 is 6.03 Å². The number of hydrogen-bond acceptors (Lipinski definition) is 4. The Morgan fingerprint density at radius 2 is 2.36 bits per heavy atom. The zero-order chi connectivity index (χ0) is 15.5. The van der Waals surface area contributed by atoms with E-state index < -0.39 is 0 Å². The first-order valence-electron chi connectivity index (χ1n) is 7.58. The van der Waals surface area contributed by atoms with Gasteiger partial charge in [-0.3, -0.25) is 4.68 Å². The standard InChI is InChI=1S/C15H21N5O2/c1-11-10-22-18-13(11)8-16-15(21)20-6-4-3-5-14(20)12-7-17-19(2)9-12/h7,9-10,14H,3-6,8H2,1-2H3,(H,16,21). The molecule has 3 rings (SSSR count). The van der Waals surface area contributed by atoms with Gasteiger partial charge in [0.1, 0.15) is 12.0 Å². The summed E-state index contributed by atoms with van der Waals surface area (Å²) in [5.41, 5.74) is 2.81. The Morgan fingerprint density at radius 3 is 3.05 bits per heavy atom. The largest absolute Gasteiger partial charge is 0.364 e. The maximum atomic E-state index is 12.5. The fraction of sp³-hybridized carbons (Fsp3) is 0.533. The lowest BCUT2D eigenvalue weighted by Crippen LogP contribution is -2.44. The van der Waals surface area contributed by atoms with Crippen LogP contribution in [0.4, 0.5) is 4.79 Å². The van der Waals surface area contributed by atoms with Crippen LogP contribution in [0.5, 0.6) is 0 Å². The van der Waals surface area contributed by atoms with Gasteiger partial charge in [0.25, 0.3) is 0 Å². The van der Waals surface area contributed by atoms with Crippen LogP contribution in [0.2, 0.25) is 0 Å². The summed E-state index contributed by atoms with van der Waals surface area (Å²) in [5, 5.41) is 11.1. The van der Waals surface area contributed by atoms with Crippen LogP contribution >= 0.6 is 0 Å². The minimum atomic E-state index is -0.0593. The van der Waals surface area contributed by atoms with Gasteiger partial charge in [-0.15, -0.1) is 0 Å². The highest BCUT2D eigenvalue weighted by Gasteiger charge is 2.28. The summed E-state index contributed by atoms with van der Waals surface area (Å²) in [7, 11) is 1.89. The molecule has 7 heteroatoms. The van der Waals surface area contributed by atoms with E-state index in [2.05, 4.69) is 15.6 Å². The number of nitrogens with one attached hydrogen (secondary N) is 1. The monoisotopic (exact) mass is 303 g/mol. The smallest absolute Gasteiger partial charge is 0.318 e. The molecule has 0 spiro atoms. The lowest BCUT2D eigenvalue weighted by atomic mass is 9.98. The number of nitrogens with zero attached hydrogens (tertiary/aromatic N) is 4. The molecule has 1 atom stereocenters. The molecule has 2 amide bonds. The maximum Gasteiger partial charge on any atom is 0.318 e. The molecule has 1 aliphatic rings. The molecule has 22 heavy (non-hydrogen) atoms. The Bertz CT molecular complexity index is 648. The molecule has 1 saturated heterocycles. The van der Waals surface area contributed by atoms with Gasteiger partial charge in [-0.2, -0.15) is 5.10 Å². The third kappa shape index (κ3) is 2.98. The summed E-state index contributed by atoms with van der Waals surface area (Å²) < 4.78 is 6.67. The molecule has 7 nitrogen and oxygen atoms in total. The van der Waals surface area contributed by atoms with Crippen molar-refractivity contribution < 1.29 is 9.32 Å². The van der Waals surface area contributed by atoms with Crippen molar-refractivity contribution in [1.29, 1.82) is 0 Å². The average Bonchev–Trinajstić information content (AvgIpc) is 3.13. The van der Waals surface area contributed by atoms with E-state index >= 15 is 0 Å². The predicted molar refractivity (Wildman–Crippen MR) is 80.0 cm³/mol. The number of amides is 2. The molecule has 3 heterocycles. The minimum absolute atomic E-state index is 0.0593. The van der Waals surface area contributed by atoms with Gasteiger partial charge in [0.2, 0.25) is 0 Å². The van der Waals surface area contributed by atoms with Crippen molar-refractivity contribution in [2.45, 2.75) is 38.8 Å². The van der Waals surface area contributed by atoms with E-state index in [1.54, 1.807) is 10.9 Å². The van der Waals surface area contributed by atoms with Crippen molar-refractivity contribution in [3.05, 3.63) is 35.5 Å². The van der Waals surface area contributed by atoms with Gasteiger partial charge in [-0.05, 0) is 26.2 Å². The van der Waals surface area contributed by atoms with E-state index in [0.717, 1.165) is 42.6 Å². The topological polar surface area (TPSA) is 76.2 Å². The number of aryl methyl sites for hydroxylation is 2. The summed E-state index contributed by atoms with van der Waals surface area (Å²) in [6.07, 6.45) is 8.55. The lowest BCUT2D eigenvalue weighted by Gasteiger charge is -2.35. The molecule has 0 saturated carbocycles. The van der Waals surface area contributed by atoms with Crippen molar-refractivity contribution in [3.63, 3.8) is 0 Å². The molecule has 0 aromatic carbocycles. The normalized spacial score (nSPS) is 18.5. The van der Waals surface area contributed by atoms with Gasteiger partial charge in [0.15, 0.2) is 0 Å². The minimum Gasteiger partial charge on any atom is -0.364 e. The van der Waals surface area contributed by atoms with Crippen LogP contribution in [0.15, 0.2) is 23.2 Å². The molecular weight excluding hydrogens is 282 g/mol. The van der Waals surface area contributed by atoms with Crippen LogP contribution in [0.1, 0.15) is 42.1 Å². The average molecular weight is 303 g/mol. The van der Waals surface area contributed by atoms with Gasteiger partial charge >= 0.3 is 6.03 Å². The van der Waals surface area contributed by atoms with Crippen molar-refractivity contribution in [1.82, 2.24) is 25.2 Å². The number of likely N-dealkylation sites (tertiary alicyclic amines) is 1. The van der Waals surface area contributed by atoms with E-state index in [0.29, 0.717) is 6.54 Å². The molecule has 1 fully saturated rings. The molecule has 2 aromatic heterocycles. The molecule has 118 valence electrons. The van der Waals surface area contributed by atoms with Gasteiger partial charge in [-0.25, -0.2) is 4.79 Å². The van der Waals surface area contributed by atoms with Crippen LogP contribution in [0, 0.1) is 6.92 Å². The molecule has 1 aliphatic heterocycles. The summed E-state index contributed by atoms with van der Waals surface area (Å²) in [6, 6.07) is 0.0387. The second-order valence-corrected chi connectivity index (χ2v) is 5.76. The van der Waals surface area contributed by atoms with E-state index in [1.165, 1.54) is 0 Å². The zero-order valence-corrected chi connectivity index (χ0v) is 13.0. The quantitative estimate of drug-likeness (QED) is 0.942. The van der Waals surface area contributed by atoms with Gasteiger partial charge in [-0.1, -0.05) is 5.16 Å². The summed E-state index contributed by atoms with van der Waals surface area (Å²) in [4.78, 5) is 14.4. The first-order valence-corrected chi connectivity index (χ1v) is 7.58. The molecule has 1 N–H and O–H groups in total. The highest BCUT2D eigenvalue weighted by Crippen LogP contribution is 2.30. The molecule has 0 radical (unpaired) electrons. The Balaban J connectivity index is 1.67. The van der Waals surface area contributed by atoms with Crippen molar-refractivity contribution in [2.75, 3.05) is 6.54 Å². The SMILES string of the molecule is Cc1conc1CNC(=O)N1CCCCC1c1cnn(C)c1. The van der Waals surface area contributed by atoms with E-state index in [4.69, 9.17) is 4.52 Å². The molecule has 0 bridgehead atoms. The number of hydrogen-bond donors (Lipinski definition) is 1. The van der Waals surface area contributed by atoms with Crippen molar-refractivity contribution in [2.24, 2.45) is 7.05 Å². The molecule has 2 aromatic rings. The number of piperidine rings is 1. The Morgan fingerprint density at radius 1 is 1.50 bits per heavy atom. The Kier molecular flexibility index (Phi) is 4.13. The van der Waals surface area contributed by atoms with Crippen LogP contribution in [0.3, 0.4) is 0 Å². The third-order valence-corrected chi connectivity index (χ3v) is 4.13. The number of carbonyl (C=O) groups excluding carboxylic acids is 1.